The van der Waals surface area contributed by atoms with Crippen LogP contribution < -0.4 is 15.6 Å². The number of anilines is 1. The number of carbonyl (C=O) groups excluding carboxylic acids is 1. The summed E-state index contributed by atoms with van der Waals surface area (Å²) in [4.78, 5) is 16.1. The molecular formula is C12H13N3O2S. The number of hydrogen-bond donors (Lipinski definition) is 2. The summed E-state index contributed by atoms with van der Waals surface area (Å²) in [6.45, 7) is 1.89. The third-order valence-corrected chi connectivity index (χ3v) is 3.13. The maximum absolute atomic E-state index is 11.9. The second-order valence-electron chi connectivity index (χ2n) is 3.57. The number of carbonyl (C=O) groups is 1. The Morgan fingerprint density at radius 3 is 2.83 bits per heavy atom. The molecule has 0 fully saturated rings. The lowest BCUT2D eigenvalue weighted by atomic mass is 10.2. The Morgan fingerprint density at radius 2 is 2.17 bits per heavy atom. The van der Waals surface area contributed by atoms with Crippen molar-refractivity contribution < 1.29 is 9.53 Å². The van der Waals surface area contributed by atoms with Gasteiger partial charge >= 0.3 is 0 Å². The zero-order valence-electron chi connectivity index (χ0n) is 10.1. The largest absolute Gasteiger partial charge is 0.496 e. The molecule has 6 heteroatoms. The van der Waals surface area contributed by atoms with E-state index in [0.29, 0.717) is 16.4 Å². The molecule has 0 saturated carbocycles. The molecule has 1 aromatic heterocycles. The Morgan fingerprint density at radius 1 is 1.39 bits per heavy atom. The normalized spacial score (nSPS) is 9.89. The number of thiazole rings is 1. The van der Waals surface area contributed by atoms with Gasteiger partial charge in [0, 0.05) is 5.38 Å². The number of methoxy groups -OCH3 is 1. The number of nitrogens with one attached hydrogen (secondary N) is 2. The standard InChI is InChI=1S/C12H13N3O2S/c1-8-7-18-12(13-8)15-14-11(16)9-5-3-4-6-10(9)17-2/h3-7H,1-2H3,(H,13,15)(H,14,16). The SMILES string of the molecule is COc1ccccc1C(=O)NNc1nc(C)cs1. The van der Waals surface area contributed by atoms with Crippen molar-refractivity contribution in [3.8, 4) is 5.75 Å². The fraction of sp³-hybridized carbons (Fsp3) is 0.167. The third kappa shape index (κ3) is 2.78. The highest BCUT2D eigenvalue weighted by molar-refractivity contribution is 7.13. The molecule has 0 atom stereocenters. The van der Waals surface area contributed by atoms with Gasteiger partial charge in [-0.05, 0) is 19.1 Å². The summed E-state index contributed by atoms with van der Waals surface area (Å²) in [6.07, 6.45) is 0. The van der Waals surface area contributed by atoms with Crippen molar-refractivity contribution in [2.45, 2.75) is 6.92 Å². The molecule has 0 unspecified atom stereocenters. The number of aromatic nitrogens is 1. The molecule has 0 saturated heterocycles. The first-order chi connectivity index (χ1) is 8.70. The molecule has 1 amide bonds. The van der Waals surface area contributed by atoms with Gasteiger partial charge in [0.2, 0.25) is 5.13 Å². The Hall–Kier alpha value is -2.08. The van der Waals surface area contributed by atoms with Crippen molar-refractivity contribution in [1.82, 2.24) is 10.4 Å². The predicted molar refractivity (Wildman–Crippen MR) is 70.9 cm³/mol. The van der Waals surface area contributed by atoms with Crippen LogP contribution in [0.4, 0.5) is 5.13 Å². The van der Waals surface area contributed by atoms with E-state index in [1.165, 1.54) is 18.4 Å². The molecule has 2 aromatic rings. The monoisotopic (exact) mass is 263 g/mol. The van der Waals surface area contributed by atoms with Crippen LogP contribution in [0.5, 0.6) is 5.75 Å². The second-order valence-corrected chi connectivity index (χ2v) is 4.43. The predicted octanol–water partition coefficient (Wildman–Crippen LogP) is 2.22. The zero-order chi connectivity index (χ0) is 13.0. The van der Waals surface area contributed by atoms with Crippen LogP contribution in [0.2, 0.25) is 0 Å². The van der Waals surface area contributed by atoms with Crippen LogP contribution in [0.1, 0.15) is 16.1 Å². The average molecular weight is 263 g/mol. The molecule has 0 spiro atoms. The van der Waals surface area contributed by atoms with Gasteiger partial charge in [-0.2, -0.15) is 0 Å². The number of benzene rings is 1. The van der Waals surface area contributed by atoms with E-state index in [-0.39, 0.29) is 5.91 Å². The van der Waals surface area contributed by atoms with Crippen LogP contribution in [0, 0.1) is 6.92 Å². The number of hydrazine groups is 1. The smallest absolute Gasteiger partial charge is 0.273 e. The van der Waals surface area contributed by atoms with Gasteiger partial charge < -0.3 is 4.74 Å². The van der Waals surface area contributed by atoms with Crippen LogP contribution in [-0.4, -0.2) is 18.0 Å². The summed E-state index contributed by atoms with van der Waals surface area (Å²) < 4.78 is 5.12. The first-order valence-corrected chi connectivity index (χ1v) is 6.20. The van der Waals surface area contributed by atoms with E-state index < -0.39 is 0 Å². The molecule has 0 bridgehead atoms. The van der Waals surface area contributed by atoms with Gasteiger partial charge in [0.05, 0.1) is 18.4 Å². The summed E-state index contributed by atoms with van der Waals surface area (Å²) in [6, 6.07) is 7.03. The minimum absolute atomic E-state index is 0.264. The number of aryl methyl sites for hydroxylation is 1. The van der Waals surface area contributed by atoms with Crippen LogP contribution in [0.25, 0.3) is 0 Å². The molecule has 0 aliphatic heterocycles. The van der Waals surface area contributed by atoms with Crippen LogP contribution >= 0.6 is 11.3 Å². The van der Waals surface area contributed by atoms with E-state index in [0.717, 1.165) is 5.69 Å². The first-order valence-electron chi connectivity index (χ1n) is 5.32. The van der Waals surface area contributed by atoms with Gasteiger partial charge in [0.1, 0.15) is 5.75 Å². The Balaban J connectivity index is 2.03. The minimum Gasteiger partial charge on any atom is -0.496 e. The summed E-state index contributed by atoms with van der Waals surface area (Å²) in [5.41, 5.74) is 6.73. The van der Waals surface area contributed by atoms with E-state index in [4.69, 9.17) is 4.74 Å². The molecule has 1 aromatic carbocycles. The number of nitrogens with zero attached hydrogens (tertiary/aromatic N) is 1. The highest BCUT2D eigenvalue weighted by atomic mass is 32.1. The van der Waals surface area contributed by atoms with Crippen LogP contribution in [0.3, 0.4) is 0 Å². The van der Waals surface area contributed by atoms with Crippen molar-refractivity contribution in [3.05, 3.63) is 40.9 Å². The Bertz CT molecular complexity index is 554. The number of para-hydroxylation sites is 1. The summed E-state index contributed by atoms with van der Waals surface area (Å²) in [7, 11) is 1.53. The topological polar surface area (TPSA) is 63.2 Å². The van der Waals surface area contributed by atoms with Crippen molar-refractivity contribution in [3.63, 3.8) is 0 Å². The van der Waals surface area contributed by atoms with E-state index >= 15 is 0 Å². The lowest BCUT2D eigenvalue weighted by Gasteiger charge is -2.09. The fourth-order valence-corrected chi connectivity index (χ4v) is 2.06. The number of ether oxygens (including phenoxy) is 1. The van der Waals surface area contributed by atoms with E-state index in [2.05, 4.69) is 15.8 Å². The summed E-state index contributed by atoms with van der Waals surface area (Å²) >= 11 is 1.43. The lowest BCUT2D eigenvalue weighted by Crippen LogP contribution is -2.29. The maximum Gasteiger partial charge on any atom is 0.273 e. The molecule has 0 aliphatic rings. The molecule has 1 heterocycles. The Labute approximate surface area is 109 Å². The van der Waals surface area contributed by atoms with Gasteiger partial charge in [-0.15, -0.1) is 11.3 Å². The molecular weight excluding hydrogens is 250 g/mol. The van der Waals surface area contributed by atoms with Gasteiger partial charge in [-0.25, -0.2) is 4.98 Å². The average Bonchev–Trinajstić information content (AvgIpc) is 2.81. The van der Waals surface area contributed by atoms with E-state index in [1.807, 2.05) is 18.4 Å². The fourth-order valence-electron chi connectivity index (χ4n) is 1.42. The molecule has 5 nitrogen and oxygen atoms in total. The minimum atomic E-state index is -0.264. The van der Waals surface area contributed by atoms with Crippen molar-refractivity contribution in [1.29, 1.82) is 0 Å². The van der Waals surface area contributed by atoms with Gasteiger partial charge in [0.25, 0.3) is 5.91 Å². The van der Waals surface area contributed by atoms with Gasteiger partial charge in [0.15, 0.2) is 0 Å². The van der Waals surface area contributed by atoms with Crippen molar-refractivity contribution >= 4 is 22.4 Å². The van der Waals surface area contributed by atoms with Crippen LogP contribution in [0.15, 0.2) is 29.6 Å². The highest BCUT2D eigenvalue weighted by Crippen LogP contribution is 2.17. The van der Waals surface area contributed by atoms with E-state index in [9.17, 15) is 4.79 Å². The molecule has 2 rings (SSSR count). The Kier molecular flexibility index (Phi) is 3.78. The van der Waals surface area contributed by atoms with Gasteiger partial charge in [-0.3, -0.25) is 15.6 Å². The lowest BCUT2D eigenvalue weighted by molar-refractivity contribution is 0.0959. The van der Waals surface area contributed by atoms with E-state index in [1.54, 1.807) is 18.2 Å². The third-order valence-electron chi connectivity index (χ3n) is 2.25. The van der Waals surface area contributed by atoms with Crippen molar-refractivity contribution in [2.24, 2.45) is 0 Å². The first kappa shape index (κ1) is 12.4. The number of rotatable bonds is 4. The molecule has 0 radical (unpaired) electrons. The number of amides is 1. The second kappa shape index (κ2) is 5.50. The van der Waals surface area contributed by atoms with Crippen LogP contribution in [-0.2, 0) is 0 Å². The van der Waals surface area contributed by atoms with Gasteiger partial charge in [-0.1, -0.05) is 12.1 Å². The summed E-state index contributed by atoms with van der Waals surface area (Å²) in [5, 5.41) is 2.55. The highest BCUT2D eigenvalue weighted by Gasteiger charge is 2.11. The molecule has 2 N–H and O–H groups in total. The maximum atomic E-state index is 11.9. The molecule has 18 heavy (non-hydrogen) atoms. The van der Waals surface area contributed by atoms with Crippen molar-refractivity contribution in [2.75, 3.05) is 12.5 Å². The summed E-state index contributed by atoms with van der Waals surface area (Å²) in [5.74, 6) is 0.271. The zero-order valence-corrected chi connectivity index (χ0v) is 10.9. The molecule has 94 valence electrons. The number of hydrogen-bond acceptors (Lipinski definition) is 5. The quantitative estimate of drug-likeness (QED) is 0.830. The molecule has 0 aliphatic carbocycles.